The van der Waals surface area contributed by atoms with Crippen LogP contribution in [0.1, 0.15) is 29.3 Å². The summed E-state index contributed by atoms with van der Waals surface area (Å²) in [6.07, 6.45) is 0.580. The van der Waals surface area contributed by atoms with Crippen molar-refractivity contribution >= 4 is 23.2 Å². The predicted molar refractivity (Wildman–Crippen MR) is 105 cm³/mol. The molecule has 0 saturated heterocycles. The zero-order chi connectivity index (χ0) is 20.4. The summed E-state index contributed by atoms with van der Waals surface area (Å²) in [5.74, 6) is -0.644. The monoisotopic (exact) mass is 385 g/mol. The highest BCUT2D eigenvalue weighted by Gasteiger charge is 2.16. The average Bonchev–Trinajstić information content (AvgIpc) is 2.68. The van der Waals surface area contributed by atoms with E-state index < -0.39 is 10.8 Å². The standard InChI is InChI=1S/C20H23N3O5/c1-2-28-12-6-11-21-20(25)16-8-5-9-17(13-16)22-19(24)14-15-7-3-4-10-18(15)23(26)27/h3-5,7-10,13H,2,6,11-12,14H2,1H3,(H,21,25)(H,22,24). The van der Waals surface area contributed by atoms with Crippen LogP contribution in [0.3, 0.4) is 0 Å². The summed E-state index contributed by atoms with van der Waals surface area (Å²) in [6.45, 7) is 3.63. The van der Waals surface area contributed by atoms with Crippen molar-refractivity contribution in [1.82, 2.24) is 5.32 Å². The highest BCUT2D eigenvalue weighted by molar-refractivity contribution is 5.97. The summed E-state index contributed by atoms with van der Waals surface area (Å²) in [7, 11) is 0. The first-order chi connectivity index (χ1) is 13.5. The van der Waals surface area contributed by atoms with Crippen molar-refractivity contribution in [3.05, 3.63) is 69.8 Å². The van der Waals surface area contributed by atoms with Gasteiger partial charge in [0.15, 0.2) is 0 Å². The third-order valence-electron chi connectivity index (χ3n) is 3.90. The lowest BCUT2D eigenvalue weighted by Crippen LogP contribution is -2.25. The normalized spacial score (nSPS) is 10.3. The molecule has 0 fully saturated rings. The van der Waals surface area contributed by atoms with Gasteiger partial charge < -0.3 is 15.4 Å². The minimum Gasteiger partial charge on any atom is -0.382 e. The van der Waals surface area contributed by atoms with E-state index in [1.54, 1.807) is 42.5 Å². The van der Waals surface area contributed by atoms with Gasteiger partial charge in [-0.15, -0.1) is 0 Å². The number of nitrogens with one attached hydrogen (secondary N) is 2. The second-order valence-electron chi connectivity index (χ2n) is 6.00. The third kappa shape index (κ3) is 6.48. The third-order valence-corrected chi connectivity index (χ3v) is 3.90. The summed E-state index contributed by atoms with van der Waals surface area (Å²) in [5.41, 5.74) is 1.09. The van der Waals surface area contributed by atoms with E-state index >= 15 is 0 Å². The molecule has 0 atom stereocenters. The molecule has 8 nitrogen and oxygen atoms in total. The molecule has 28 heavy (non-hydrogen) atoms. The first-order valence-electron chi connectivity index (χ1n) is 8.99. The van der Waals surface area contributed by atoms with Crippen molar-refractivity contribution in [3.8, 4) is 0 Å². The lowest BCUT2D eigenvalue weighted by atomic mass is 10.1. The number of rotatable bonds is 10. The first kappa shape index (κ1) is 21.0. The van der Waals surface area contributed by atoms with Gasteiger partial charge in [0, 0.05) is 42.6 Å². The topological polar surface area (TPSA) is 111 Å². The molecule has 0 aromatic heterocycles. The van der Waals surface area contributed by atoms with Crippen molar-refractivity contribution in [1.29, 1.82) is 0 Å². The molecule has 0 radical (unpaired) electrons. The Kier molecular flexibility index (Phi) is 8.11. The molecular formula is C20H23N3O5. The fourth-order valence-electron chi connectivity index (χ4n) is 2.58. The Balaban J connectivity index is 1.94. The summed E-state index contributed by atoms with van der Waals surface area (Å²) in [6, 6.07) is 12.6. The molecule has 8 heteroatoms. The van der Waals surface area contributed by atoms with Gasteiger partial charge in [-0.1, -0.05) is 24.3 Å². The average molecular weight is 385 g/mol. The number of anilines is 1. The number of nitro benzene ring substituents is 1. The molecule has 0 unspecified atom stereocenters. The molecular weight excluding hydrogens is 362 g/mol. The summed E-state index contributed by atoms with van der Waals surface area (Å²) >= 11 is 0. The van der Waals surface area contributed by atoms with E-state index in [-0.39, 0.29) is 18.0 Å². The smallest absolute Gasteiger partial charge is 0.273 e. The van der Waals surface area contributed by atoms with Gasteiger partial charge in [-0.3, -0.25) is 19.7 Å². The fraction of sp³-hybridized carbons (Fsp3) is 0.300. The molecule has 0 aliphatic heterocycles. The van der Waals surface area contributed by atoms with E-state index in [2.05, 4.69) is 10.6 Å². The number of hydrogen-bond donors (Lipinski definition) is 2. The number of nitro groups is 1. The van der Waals surface area contributed by atoms with Crippen LogP contribution in [0.4, 0.5) is 11.4 Å². The number of nitrogens with zero attached hydrogens (tertiary/aromatic N) is 1. The van der Waals surface area contributed by atoms with E-state index in [0.29, 0.717) is 43.0 Å². The number of carbonyl (C=O) groups excluding carboxylic acids is 2. The second-order valence-corrected chi connectivity index (χ2v) is 6.00. The molecule has 2 rings (SSSR count). The van der Waals surface area contributed by atoms with Crippen molar-refractivity contribution in [2.45, 2.75) is 19.8 Å². The van der Waals surface area contributed by atoms with Crippen LogP contribution in [0.15, 0.2) is 48.5 Å². The molecule has 0 aliphatic rings. The zero-order valence-electron chi connectivity index (χ0n) is 15.6. The number of benzene rings is 2. The molecule has 0 saturated carbocycles. The van der Waals surface area contributed by atoms with Crippen molar-refractivity contribution in [2.75, 3.05) is 25.1 Å². The van der Waals surface area contributed by atoms with Crippen molar-refractivity contribution in [3.63, 3.8) is 0 Å². The Labute approximate surface area is 163 Å². The second kappa shape index (κ2) is 10.8. The molecule has 2 aromatic carbocycles. The SMILES string of the molecule is CCOCCCNC(=O)c1cccc(NC(=O)Cc2ccccc2[N+](=O)[O-])c1. The molecule has 2 N–H and O–H groups in total. The molecule has 0 spiro atoms. The number of para-hydroxylation sites is 1. The first-order valence-corrected chi connectivity index (χ1v) is 8.99. The Bertz CT molecular complexity index is 838. The number of ether oxygens (including phenoxy) is 1. The van der Waals surface area contributed by atoms with Gasteiger partial charge in [-0.25, -0.2) is 0 Å². The fourth-order valence-corrected chi connectivity index (χ4v) is 2.58. The van der Waals surface area contributed by atoms with E-state index in [1.807, 2.05) is 6.92 Å². The van der Waals surface area contributed by atoms with E-state index in [0.717, 1.165) is 0 Å². The van der Waals surface area contributed by atoms with Gasteiger partial charge >= 0.3 is 0 Å². The molecule has 0 heterocycles. The highest BCUT2D eigenvalue weighted by atomic mass is 16.6. The van der Waals surface area contributed by atoms with Gasteiger partial charge in [0.1, 0.15) is 0 Å². The van der Waals surface area contributed by atoms with E-state index in [1.165, 1.54) is 6.07 Å². The summed E-state index contributed by atoms with van der Waals surface area (Å²) in [5, 5.41) is 16.5. The quantitative estimate of drug-likeness (QED) is 0.371. The molecule has 0 bridgehead atoms. The molecule has 2 amide bonds. The van der Waals surface area contributed by atoms with Crippen LogP contribution >= 0.6 is 0 Å². The minimum absolute atomic E-state index is 0.0992. The zero-order valence-corrected chi connectivity index (χ0v) is 15.6. The minimum atomic E-state index is -0.515. The van der Waals surface area contributed by atoms with Gasteiger partial charge in [-0.05, 0) is 31.5 Å². The van der Waals surface area contributed by atoms with Crippen LogP contribution in [-0.2, 0) is 16.0 Å². The molecule has 2 aromatic rings. The van der Waals surface area contributed by atoms with Gasteiger partial charge in [0.25, 0.3) is 11.6 Å². The van der Waals surface area contributed by atoms with Crippen LogP contribution in [0.5, 0.6) is 0 Å². The predicted octanol–water partition coefficient (Wildman–Crippen LogP) is 2.93. The summed E-state index contributed by atoms with van der Waals surface area (Å²) in [4.78, 5) is 35.0. The highest BCUT2D eigenvalue weighted by Crippen LogP contribution is 2.19. The van der Waals surface area contributed by atoms with E-state index in [4.69, 9.17) is 4.74 Å². The van der Waals surface area contributed by atoms with E-state index in [9.17, 15) is 19.7 Å². The Hall–Kier alpha value is -3.26. The maximum Gasteiger partial charge on any atom is 0.273 e. The lowest BCUT2D eigenvalue weighted by molar-refractivity contribution is -0.385. The van der Waals surface area contributed by atoms with Crippen LogP contribution in [0.25, 0.3) is 0 Å². The van der Waals surface area contributed by atoms with Crippen LogP contribution in [0, 0.1) is 10.1 Å². The molecule has 148 valence electrons. The number of amides is 2. The number of hydrogen-bond acceptors (Lipinski definition) is 5. The van der Waals surface area contributed by atoms with Gasteiger partial charge in [0.2, 0.25) is 5.91 Å². The molecule has 0 aliphatic carbocycles. The van der Waals surface area contributed by atoms with Gasteiger partial charge in [-0.2, -0.15) is 0 Å². The van der Waals surface area contributed by atoms with Crippen LogP contribution in [0.2, 0.25) is 0 Å². The Morgan fingerprint density at radius 1 is 1.14 bits per heavy atom. The maximum absolute atomic E-state index is 12.3. The largest absolute Gasteiger partial charge is 0.382 e. The lowest BCUT2D eigenvalue weighted by Gasteiger charge is -2.09. The number of carbonyl (C=O) groups is 2. The van der Waals surface area contributed by atoms with Crippen LogP contribution in [-0.4, -0.2) is 36.5 Å². The van der Waals surface area contributed by atoms with Crippen molar-refractivity contribution in [2.24, 2.45) is 0 Å². The van der Waals surface area contributed by atoms with Crippen molar-refractivity contribution < 1.29 is 19.2 Å². The Morgan fingerprint density at radius 3 is 2.68 bits per heavy atom. The summed E-state index contributed by atoms with van der Waals surface area (Å²) < 4.78 is 5.21. The van der Waals surface area contributed by atoms with Gasteiger partial charge in [0.05, 0.1) is 11.3 Å². The Morgan fingerprint density at radius 2 is 1.93 bits per heavy atom. The van der Waals surface area contributed by atoms with Crippen LogP contribution < -0.4 is 10.6 Å². The maximum atomic E-state index is 12.3.